The third-order valence-electron chi connectivity index (χ3n) is 6.79. The van der Waals surface area contributed by atoms with E-state index in [1.807, 2.05) is 26.0 Å². The molecule has 7 heteroatoms. The third kappa shape index (κ3) is 4.94. The molecule has 0 aromatic heterocycles. The van der Waals surface area contributed by atoms with Crippen LogP contribution >= 0.6 is 0 Å². The summed E-state index contributed by atoms with van der Waals surface area (Å²) in [6, 6.07) is 16.2. The molecular weight excluding hydrogens is 432 g/mol. The molecule has 33 heavy (non-hydrogen) atoms. The zero-order valence-electron chi connectivity index (χ0n) is 20.1. The summed E-state index contributed by atoms with van der Waals surface area (Å²) in [5, 5.41) is 0. The van der Waals surface area contributed by atoms with Crippen molar-refractivity contribution in [2.45, 2.75) is 51.0 Å². The Hall–Kier alpha value is -2.38. The van der Waals surface area contributed by atoms with Crippen molar-refractivity contribution in [2.24, 2.45) is 4.99 Å². The zero-order chi connectivity index (χ0) is 23.4. The highest BCUT2D eigenvalue weighted by molar-refractivity contribution is 7.89. The van der Waals surface area contributed by atoms with E-state index in [4.69, 9.17) is 0 Å². The first-order valence-corrected chi connectivity index (χ1v) is 13.7. The fourth-order valence-electron chi connectivity index (χ4n) is 4.64. The Bertz CT molecular complexity index is 1050. The summed E-state index contributed by atoms with van der Waals surface area (Å²) in [5.74, 6) is 0.621. The van der Waals surface area contributed by atoms with Crippen LogP contribution in [-0.4, -0.2) is 73.8 Å². The van der Waals surface area contributed by atoms with Crippen LogP contribution < -0.4 is 0 Å². The smallest absolute Gasteiger partial charge is 0.266 e. The second-order valence-electron chi connectivity index (χ2n) is 8.76. The van der Waals surface area contributed by atoms with E-state index < -0.39 is 10.0 Å². The Morgan fingerprint density at radius 2 is 1.39 bits per heavy atom. The largest absolute Gasteiger partial charge is 0.339 e. The molecular formula is C26H36N4O2S. The predicted molar refractivity (Wildman–Crippen MR) is 135 cm³/mol. The van der Waals surface area contributed by atoms with Gasteiger partial charge in [0.15, 0.2) is 0 Å². The van der Waals surface area contributed by atoms with Crippen LogP contribution in [0.4, 0.5) is 0 Å². The van der Waals surface area contributed by atoms with Gasteiger partial charge in [-0.25, -0.2) is 12.7 Å². The van der Waals surface area contributed by atoms with E-state index >= 15 is 0 Å². The van der Waals surface area contributed by atoms with Crippen molar-refractivity contribution in [3.05, 3.63) is 54.1 Å². The quantitative estimate of drug-likeness (QED) is 0.674. The molecule has 0 radical (unpaired) electrons. The second kappa shape index (κ2) is 10.3. The van der Waals surface area contributed by atoms with E-state index in [0.717, 1.165) is 43.3 Å². The predicted octanol–water partition coefficient (Wildman–Crippen LogP) is 4.22. The standard InChI is InChI=1S/C24H30N4O2S.C2H6/c1-19-5-7-20(8-6-19)21-9-11-23(12-10-21)31(29,30)28-14-13-25-24(28)27-17-15-26(16-18-27)22-3-2-4-22;1-2/h5-12,22H,2-4,13-18H2,1H3;1-2H3. The Morgan fingerprint density at radius 1 is 0.818 bits per heavy atom. The summed E-state index contributed by atoms with van der Waals surface area (Å²) in [7, 11) is -3.62. The molecule has 178 valence electrons. The van der Waals surface area contributed by atoms with Crippen molar-refractivity contribution < 1.29 is 8.42 Å². The van der Waals surface area contributed by atoms with E-state index in [2.05, 4.69) is 46.0 Å². The van der Waals surface area contributed by atoms with Crippen LogP contribution in [0.2, 0.25) is 0 Å². The van der Waals surface area contributed by atoms with Crippen molar-refractivity contribution in [2.75, 3.05) is 39.3 Å². The number of nitrogens with zero attached hydrogens (tertiary/aromatic N) is 4. The number of benzene rings is 2. The van der Waals surface area contributed by atoms with Crippen LogP contribution in [0, 0.1) is 6.92 Å². The van der Waals surface area contributed by atoms with Crippen molar-refractivity contribution in [1.29, 1.82) is 0 Å². The highest BCUT2D eigenvalue weighted by atomic mass is 32.2. The third-order valence-corrected chi connectivity index (χ3v) is 8.59. The Morgan fingerprint density at radius 3 is 1.94 bits per heavy atom. The maximum absolute atomic E-state index is 13.4. The first-order valence-electron chi connectivity index (χ1n) is 12.3. The molecule has 0 unspecified atom stereocenters. The molecule has 2 aliphatic heterocycles. The van der Waals surface area contributed by atoms with Crippen LogP contribution in [0.25, 0.3) is 11.1 Å². The van der Waals surface area contributed by atoms with Crippen LogP contribution in [0.1, 0.15) is 38.7 Å². The van der Waals surface area contributed by atoms with Crippen LogP contribution in [0.5, 0.6) is 0 Å². The molecule has 0 N–H and O–H groups in total. The molecule has 0 amide bonds. The fourth-order valence-corrected chi connectivity index (χ4v) is 6.08. The van der Waals surface area contributed by atoms with Crippen molar-refractivity contribution in [1.82, 2.24) is 14.1 Å². The molecule has 1 saturated carbocycles. The lowest BCUT2D eigenvalue weighted by Gasteiger charge is -2.44. The van der Waals surface area contributed by atoms with Gasteiger partial charge in [-0.3, -0.25) is 9.89 Å². The van der Waals surface area contributed by atoms with Crippen LogP contribution in [0.3, 0.4) is 0 Å². The Labute approximate surface area is 199 Å². The average Bonchev–Trinajstić information content (AvgIpc) is 3.31. The first-order chi connectivity index (χ1) is 16.0. The van der Waals surface area contributed by atoms with E-state index in [1.54, 1.807) is 12.1 Å². The lowest BCUT2D eigenvalue weighted by atomic mass is 9.91. The Kier molecular flexibility index (Phi) is 7.39. The highest BCUT2D eigenvalue weighted by Crippen LogP contribution is 2.28. The molecule has 5 rings (SSSR count). The molecule has 3 aliphatic rings. The SMILES string of the molecule is CC.Cc1ccc(-c2ccc(S(=O)(=O)N3CCN=C3N3CCN(C4CCC4)CC3)cc2)cc1. The van der Waals surface area contributed by atoms with Gasteiger partial charge in [-0.1, -0.05) is 62.2 Å². The Balaban J connectivity index is 0.00000126. The summed E-state index contributed by atoms with van der Waals surface area (Å²) < 4.78 is 28.3. The van der Waals surface area contributed by atoms with Gasteiger partial charge in [-0.05, 0) is 43.0 Å². The number of aryl methyl sites for hydroxylation is 1. The van der Waals surface area contributed by atoms with Crippen molar-refractivity contribution >= 4 is 16.0 Å². The van der Waals surface area contributed by atoms with Gasteiger partial charge in [-0.2, -0.15) is 0 Å². The van der Waals surface area contributed by atoms with E-state index in [9.17, 15) is 8.42 Å². The van der Waals surface area contributed by atoms with Crippen LogP contribution in [0.15, 0.2) is 58.4 Å². The maximum atomic E-state index is 13.4. The van der Waals surface area contributed by atoms with Gasteiger partial charge in [-0.15, -0.1) is 0 Å². The number of hydrogen-bond donors (Lipinski definition) is 0. The molecule has 6 nitrogen and oxygen atoms in total. The summed E-state index contributed by atoms with van der Waals surface area (Å²) in [6.07, 6.45) is 3.95. The minimum atomic E-state index is -3.62. The molecule has 1 saturated heterocycles. The minimum absolute atomic E-state index is 0.325. The van der Waals surface area contributed by atoms with Gasteiger partial charge in [0.25, 0.3) is 10.0 Å². The summed E-state index contributed by atoms with van der Waals surface area (Å²) in [6.45, 7) is 10.7. The average molecular weight is 469 g/mol. The monoisotopic (exact) mass is 468 g/mol. The fraction of sp³-hybridized carbons (Fsp3) is 0.500. The van der Waals surface area contributed by atoms with Gasteiger partial charge in [0, 0.05) is 32.2 Å². The van der Waals surface area contributed by atoms with Crippen LogP contribution in [-0.2, 0) is 10.0 Å². The van der Waals surface area contributed by atoms with Gasteiger partial charge < -0.3 is 4.90 Å². The number of aliphatic imine (C=N–C) groups is 1. The van der Waals surface area contributed by atoms with Gasteiger partial charge >= 0.3 is 0 Å². The maximum Gasteiger partial charge on any atom is 0.266 e. The lowest BCUT2D eigenvalue weighted by molar-refractivity contribution is 0.0833. The molecule has 2 fully saturated rings. The number of sulfonamides is 1. The highest BCUT2D eigenvalue weighted by Gasteiger charge is 2.36. The lowest BCUT2D eigenvalue weighted by Crippen LogP contribution is -2.56. The summed E-state index contributed by atoms with van der Waals surface area (Å²) in [5.41, 5.74) is 3.31. The van der Waals surface area contributed by atoms with Gasteiger partial charge in [0.2, 0.25) is 5.96 Å². The van der Waals surface area contributed by atoms with Crippen molar-refractivity contribution in [3.8, 4) is 11.1 Å². The molecule has 2 heterocycles. The van der Waals surface area contributed by atoms with Gasteiger partial charge in [0.1, 0.15) is 0 Å². The molecule has 2 aromatic rings. The normalized spacial score (nSPS) is 19.5. The molecule has 0 atom stereocenters. The van der Waals surface area contributed by atoms with E-state index in [1.165, 1.54) is 29.1 Å². The number of guanidine groups is 1. The number of hydrogen-bond acceptors (Lipinski definition) is 5. The molecule has 0 spiro atoms. The molecule has 1 aliphatic carbocycles. The molecule has 0 bridgehead atoms. The van der Waals surface area contributed by atoms with E-state index in [-0.39, 0.29) is 0 Å². The van der Waals surface area contributed by atoms with E-state index in [0.29, 0.717) is 23.9 Å². The van der Waals surface area contributed by atoms with Crippen molar-refractivity contribution in [3.63, 3.8) is 0 Å². The van der Waals surface area contributed by atoms with Gasteiger partial charge in [0.05, 0.1) is 18.0 Å². The minimum Gasteiger partial charge on any atom is -0.339 e. The summed E-state index contributed by atoms with van der Waals surface area (Å²) >= 11 is 0. The number of rotatable bonds is 4. The zero-order valence-corrected chi connectivity index (χ0v) is 20.9. The summed E-state index contributed by atoms with van der Waals surface area (Å²) in [4.78, 5) is 9.61. The topological polar surface area (TPSA) is 56.2 Å². The first kappa shape index (κ1) is 23.8. The second-order valence-corrected chi connectivity index (χ2v) is 10.6. The number of piperazine rings is 1. The molecule has 2 aromatic carbocycles.